The van der Waals surface area contributed by atoms with Gasteiger partial charge in [-0.25, -0.2) is 0 Å². The number of hydrogen-bond donors (Lipinski definition) is 0. The van der Waals surface area contributed by atoms with Crippen molar-refractivity contribution in [2.45, 2.75) is 90.0 Å². The topological polar surface area (TPSA) is 114 Å². The lowest BCUT2D eigenvalue weighted by molar-refractivity contribution is -0.165. The number of cyclic esters (lactones) is 1. The second-order valence-corrected chi connectivity index (χ2v) is 8.56. The lowest BCUT2D eigenvalue weighted by Crippen LogP contribution is -2.36. The maximum Gasteiger partial charge on any atom is 0.313 e. The van der Waals surface area contributed by atoms with Crippen LogP contribution in [0.1, 0.15) is 59.8 Å². The van der Waals surface area contributed by atoms with E-state index in [0.717, 1.165) is 0 Å². The summed E-state index contributed by atoms with van der Waals surface area (Å²) in [5.74, 6) is -3.10. The van der Waals surface area contributed by atoms with Gasteiger partial charge in [-0.3, -0.25) is 19.2 Å². The molecular formula is C24H34O9. The van der Waals surface area contributed by atoms with Gasteiger partial charge in [-0.2, -0.15) is 0 Å². The highest BCUT2D eigenvalue weighted by Crippen LogP contribution is 2.33. The van der Waals surface area contributed by atoms with Crippen molar-refractivity contribution in [2.75, 3.05) is 13.4 Å². The van der Waals surface area contributed by atoms with E-state index in [1.165, 1.54) is 6.08 Å². The molecule has 0 aromatic rings. The third-order valence-corrected chi connectivity index (χ3v) is 5.00. The van der Waals surface area contributed by atoms with E-state index in [1.54, 1.807) is 26.8 Å². The fourth-order valence-electron chi connectivity index (χ4n) is 3.61. The number of esters is 1. The maximum absolute atomic E-state index is 12.1. The average Bonchev–Trinajstić information content (AvgIpc) is 3.00. The first-order valence-corrected chi connectivity index (χ1v) is 11.2. The molecule has 9 nitrogen and oxygen atoms in total. The van der Waals surface area contributed by atoms with Gasteiger partial charge in [0.2, 0.25) is 0 Å². The first-order valence-electron chi connectivity index (χ1n) is 11.2. The van der Waals surface area contributed by atoms with Gasteiger partial charge in [0.25, 0.3) is 0 Å². The summed E-state index contributed by atoms with van der Waals surface area (Å²) in [5, 5.41) is 0. The Kier molecular flexibility index (Phi) is 10.6. The van der Waals surface area contributed by atoms with E-state index < -0.39 is 72.8 Å². The van der Waals surface area contributed by atoms with E-state index in [0.29, 0.717) is 19.4 Å². The highest BCUT2D eigenvalue weighted by molar-refractivity contribution is 6.12. The Morgan fingerprint density at radius 3 is 2.45 bits per heavy atom. The Hall–Kier alpha value is -2.20. The van der Waals surface area contributed by atoms with Gasteiger partial charge in [0, 0.05) is 13.0 Å². The van der Waals surface area contributed by atoms with Gasteiger partial charge in [-0.1, -0.05) is 18.2 Å². The van der Waals surface area contributed by atoms with E-state index in [4.69, 9.17) is 23.7 Å². The summed E-state index contributed by atoms with van der Waals surface area (Å²) in [5.41, 5.74) is 0. The zero-order chi connectivity index (χ0) is 24.4. The van der Waals surface area contributed by atoms with Crippen LogP contribution in [0.2, 0.25) is 0 Å². The molecule has 0 amide bonds. The molecule has 1 fully saturated rings. The predicted molar refractivity (Wildman–Crippen MR) is 117 cm³/mol. The number of fused-ring (bicyclic) bond motifs is 1. The number of ether oxygens (including phenoxy) is 5. The van der Waals surface area contributed by atoms with Gasteiger partial charge >= 0.3 is 5.97 Å². The Morgan fingerprint density at radius 1 is 1.00 bits per heavy atom. The van der Waals surface area contributed by atoms with Crippen molar-refractivity contribution in [3.05, 3.63) is 24.3 Å². The number of rotatable bonds is 4. The Bertz CT molecular complexity index is 768. The van der Waals surface area contributed by atoms with Crippen molar-refractivity contribution in [2.24, 2.45) is 0 Å². The molecule has 0 bridgehead atoms. The van der Waals surface area contributed by atoms with Gasteiger partial charge in [0.15, 0.2) is 17.4 Å². The van der Waals surface area contributed by atoms with Crippen molar-refractivity contribution in [3.63, 3.8) is 0 Å². The number of carbonyl (C=O) groups excluding carboxylic acids is 4. The predicted octanol–water partition coefficient (Wildman–Crippen LogP) is 2.60. The Balaban J connectivity index is 2.24. The molecule has 1 unspecified atom stereocenters. The summed E-state index contributed by atoms with van der Waals surface area (Å²) in [6.45, 7) is 7.70. The van der Waals surface area contributed by atoms with E-state index in [1.807, 2.05) is 19.1 Å². The number of ketones is 3. The molecule has 0 aromatic heterocycles. The largest absolute Gasteiger partial charge is 0.462 e. The van der Waals surface area contributed by atoms with E-state index >= 15 is 0 Å². The van der Waals surface area contributed by atoms with Gasteiger partial charge in [0.1, 0.15) is 37.3 Å². The fourth-order valence-corrected chi connectivity index (χ4v) is 3.61. The van der Waals surface area contributed by atoms with Crippen molar-refractivity contribution in [1.29, 1.82) is 0 Å². The molecular weight excluding hydrogens is 432 g/mol. The minimum atomic E-state index is -0.855. The van der Waals surface area contributed by atoms with Gasteiger partial charge < -0.3 is 23.7 Å². The SMILES string of the molecule is CCOCOC1/C=C\C[C@H](C)OC(=O)CC(=O)CC(=O)CC(=O)/C=C/C[C@@H]2OC(C)(C)O[C@H]12. The van der Waals surface area contributed by atoms with Crippen LogP contribution in [-0.4, -0.2) is 66.9 Å². The minimum Gasteiger partial charge on any atom is -0.462 e. The normalized spacial score (nSPS) is 31.9. The first kappa shape index (κ1) is 27.0. The van der Waals surface area contributed by atoms with Crippen LogP contribution in [0.15, 0.2) is 24.3 Å². The minimum absolute atomic E-state index is 0.0571. The van der Waals surface area contributed by atoms with Crippen LogP contribution >= 0.6 is 0 Å². The summed E-state index contributed by atoms with van der Waals surface area (Å²) in [4.78, 5) is 48.1. The number of hydrogen-bond acceptors (Lipinski definition) is 9. The monoisotopic (exact) mass is 466 g/mol. The summed E-state index contributed by atoms with van der Waals surface area (Å²) in [7, 11) is 0. The third kappa shape index (κ3) is 9.67. The number of Topliss-reactive ketones (excluding diaryl/α,β-unsaturated/α-hetero) is 2. The molecule has 0 saturated carbocycles. The van der Waals surface area contributed by atoms with Gasteiger partial charge in [-0.05, 0) is 40.2 Å². The van der Waals surface area contributed by atoms with Crippen LogP contribution < -0.4 is 0 Å². The Morgan fingerprint density at radius 2 is 1.73 bits per heavy atom. The molecule has 9 heteroatoms. The smallest absolute Gasteiger partial charge is 0.313 e. The van der Waals surface area contributed by atoms with Crippen LogP contribution in [0.3, 0.4) is 0 Å². The quantitative estimate of drug-likeness (QED) is 0.203. The molecule has 2 aliphatic heterocycles. The summed E-state index contributed by atoms with van der Waals surface area (Å²) in [6.07, 6.45) is 4.04. The lowest BCUT2D eigenvalue weighted by atomic mass is 10.0. The molecule has 2 aliphatic rings. The van der Waals surface area contributed by atoms with Crippen LogP contribution in [-0.2, 0) is 42.9 Å². The van der Waals surface area contributed by atoms with Crippen LogP contribution in [0.25, 0.3) is 0 Å². The maximum atomic E-state index is 12.1. The summed E-state index contributed by atoms with van der Waals surface area (Å²) >= 11 is 0. The average molecular weight is 467 g/mol. The highest BCUT2D eigenvalue weighted by atomic mass is 16.8. The molecule has 184 valence electrons. The standard InChI is InChI=1S/C24H34O9/c1-5-29-15-30-20-10-6-8-16(2)31-22(28)14-19(27)13-18(26)12-17(25)9-7-11-21-23(20)33-24(3,4)32-21/h6-7,9-10,16,20-21,23H,5,8,11-15H2,1-4H3/b9-7+,10-6-/t16-,20?,21-,23+/m0/s1. The molecule has 0 aliphatic carbocycles. The molecule has 2 heterocycles. The van der Waals surface area contributed by atoms with E-state index in [-0.39, 0.29) is 6.79 Å². The van der Waals surface area contributed by atoms with Crippen LogP contribution in [0.4, 0.5) is 0 Å². The van der Waals surface area contributed by atoms with Crippen molar-refractivity contribution < 1.29 is 42.9 Å². The number of allylic oxidation sites excluding steroid dienone is 1. The van der Waals surface area contributed by atoms with Gasteiger partial charge in [0.05, 0.1) is 18.9 Å². The lowest BCUT2D eigenvalue weighted by Gasteiger charge is -2.24. The third-order valence-electron chi connectivity index (χ3n) is 5.00. The van der Waals surface area contributed by atoms with Crippen molar-refractivity contribution in [3.8, 4) is 0 Å². The van der Waals surface area contributed by atoms with Gasteiger partial charge in [-0.15, -0.1) is 0 Å². The van der Waals surface area contributed by atoms with E-state index in [9.17, 15) is 19.2 Å². The molecule has 33 heavy (non-hydrogen) atoms. The van der Waals surface area contributed by atoms with Crippen molar-refractivity contribution >= 4 is 23.3 Å². The zero-order valence-electron chi connectivity index (χ0n) is 19.7. The second kappa shape index (κ2) is 12.9. The molecule has 4 atom stereocenters. The highest BCUT2D eigenvalue weighted by Gasteiger charge is 2.44. The molecule has 0 spiro atoms. The van der Waals surface area contributed by atoms with Crippen LogP contribution in [0, 0.1) is 0 Å². The second-order valence-electron chi connectivity index (χ2n) is 8.56. The van der Waals surface area contributed by atoms with Crippen LogP contribution in [0.5, 0.6) is 0 Å². The fraction of sp³-hybridized carbons (Fsp3) is 0.667. The Labute approximate surface area is 194 Å². The van der Waals surface area contributed by atoms with E-state index in [2.05, 4.69) is 0 Å². The molecule has 0 N–H and O–H groups in total. The molecule has 0 aromatic carbocycles. The number of carbonyl (C=O) groups is 4. The summed E-state index contributed by atoms with van der Waals surface area (Å²) < 4.78 is 28.6. The molecule has 1 saturated heterocycles. The summed E-state index contributed by atoms with van der Waals surface area (Å²) in [6, 6.07) is 0. The first-order chi connectivity index (χ1) is 15.6. The van der Waals surface area contributed by atoms with Crippen molar-refractivity contribution in [1.82, 2.24) is 0 Å². The zero-order valence-corrected chi connectivity index (χ0v) is 19.7. The molecule has 2 rings (SSSR count). The molecule has 0 radical (unpaired) electrons.